The van der Waals surface area contributed by atoms with Gasteiger partial charge in [-0.15, -0.1) is 0 Å². The van der Waals surface area contributed by atoms with Crippen LogP contribution in [0.2, 0.25) is 5.02 Å². The highest BCUT2D eigenvalue weighted by atomic mass is 35.5. The number of benzene rings is 1. The SMILES string of the molecule is CC1(C)Oc2cc(C3CNCCO3)cc(Cl)c2O1. The fraction of sp³-hybridized carbons (Fsp3) is 0.538. The fourth-order valence-corrected chi connectivity index (χ4v) is 2.52. The summed E-state index contributed by atoms with van der Waals surface area (Å²) >= 11 is 6.24. The number of hydrogen-bond acceptors (Lipinski definition) is 4. The van der Waals surface area contributed by atoms with Crippen LogP contribution in [-0.2, 0) is 4.74 Å². The minimum absolute atomic E-state index is 0.0221. The van der Waals surface area contributed by atoms with Crippen molar-refractivity contribution < 1.29 is 14.2 Å². The molecule has 0 saturated carbocycles. The predicted octanol–water partition coefficient (Wildman–Crippen LogP) is 2.51. The van der Waals surface area contributed by atoms with Crippen LogP contribution >= 0.6 is 11.6 Å². The Kier molecular flexibility index (Phi) is 2.88. The van der Waals surface area contributed by atoms with Crippen molar-refractivity contribution in [1.82, 2.24) is 5.32 Å². The number of fused-ring (bicyclic) bond motifs is 1. The summed E-state index contributed by atoms with van der Waals surface area (Å²) in [5.74, 6) is 0.655. The Balaban J connectivity index is 1.93. The van der Waals surface area contributed by atoms with Crippen molar-refractivity contribution in [3.63, 3.8) is 0 Å². The van der Waals surface area contributed by atoms with Gasteiger partial charge in [-0.05, 0) is 17.7 Å². The molecule has 0 aromatic heterocycles. The average molecular weight is 270 g/mol. The Morgan fingerprint density at radius 3 is 2.89 bits per heavy atom. The molecule has 0 radical (unpaired) electrons. The van der Waals surface area contributed by atoms with Gasteiger partial charge in [-0.1, -0.05) is 11.6 Å². The summed E-state index contributed by atoms with van der Waals surface area (Å²) in [6.45, 7) is 6.12. The molecule has 1 unspecified atom stereocenters. The van der Waals surface area contributed by atoms with Gasteiger partial charge in [0.2, 0.25) is 5.79 Å². The van der Waals surface area contributed by atoms with Gasteiger partial charge in [-0.2, -0.15) is 0 Å². The van der Waals surface area contributed by atoms with Gasteiger partial charge in [-0.3, -0.25) is 0 Å². The molecule has 1 fully saturated rings. The highest BCUT2D eigenvalue weighted by Gasteiger charge is 2.34. The summed E-state index contributed by atoms with van der Waals surface area (Å²) in [4.78, 5) is 0. The largest absolute Gasteiger partial charge is 0.449 e. The summed E-state index contributed by atoms with van der Waals surface area (Å²) in [6, 6.07) is 3.84. The molecule has 1 saturated heterocycles. The van der Waals surface area contributed by atoms with E-state index in [-0.39, 0.29) is 6.10 Å². The minimum atomic E-state index is -0.656. The van der Waals surface area contributed by atoms with E-state index in [9.17, 15) is 0 Å². The van der Waals surface area contributed by atoms with E-state index >= 15 is 0 Å². The van der Waals surface area contributed by atoms with Crippen molar-refractivity contribution >= 4 is 11.6 Å². The number of halogens is 1. The molecule has 4 nitrogen and oxygen atoms in total. The third-order valence-corrected chi connectivity index (χ3v) is 3.32. The van der Waals surface area contributed by atoms with E-state index in [4.69, 9.17) is 25.8 Å². The van der Waals surface area contributed by atoms with Gasteiger partial charge in [0.05, 0.1) is 17.7 Å². The first-order chi connectivity index (χ1) is 8.55. The number of morpholine rings is 1. The lowest BCUT2D eigenvalue weighted by Gasteiger charge is -2.24. The van der Waals surface area contributed by atoms with Crippen molar-refractivity contribution in [2.24, 2.45) is 0 Å². The molecule has 18 heavy (non-hydrogen) atoms. The molecule has 0 aliphatic carbocycles. The summed E-state index contributed by atoms with van der Waals surface area (Å²) in [5, 5.41) is 3.87. The molecule has 2 heterocycles. The van der Waals surface area contributed by atoms with Crippen LogP contribution in [0.1, 0.15) is 25.5 Å². The van der Waals surface area contributed by atoms with Crippen LogP contribution in [-0.4, -0.2) is 25.5 Å². The third-order valence-electron chi connectivity index (χ3n) is 3.03. The molecule has 2 aliphatic rings. The predicted molar refractivity (Wildman–Crippen MR) is 68.3 cm³/mol. The molecule has 1 atom stereocenters. The van der Waals surface area contributed by atoms with Crippen LogP contribution in [0.5, 0.6) is 11.5 Å². The van der Waals surface area contributed by atoms with Crippen LogP contribution in [0.3, 0.4) is 0 Å². The monoisotopic (exact) mass is 269 g/mol. The second-order valence-electron chi connectivity index (χ2n) is 5.00. The van der Waals surface area contributed by atoms with E-state index in [1.165, 1.54) is 0 Å². The lowest BCUT2D eigenvalue weighted by molar-refractivity contribution is -0.0432. The van der Waals surface area contributed by atoms with E-state index < -0.39 is 5.79 Å². The molecule has 1 aromatic carbocycles. The van der Waals surface area contributed by atoms with Gasteiger partial charge in [0.25, 0.3) is 0 Å². The van der Waals surface area contributed by atoms with Gasteiger partial charge in [-0.25, -0.2) is 0 Å². The van der Waals surface area contributed by atoms with E-state index in [0.29, 0.717) is 23.1 Å². The Hall–Kier alpha value is -0.970. The molecule has 3 rings (SSSR count). The summed E-state index contributed by atoms with van der Waals surface area (Å²) in [5.41, 5.74) is 1.02. The van der Waals surface area contributed by atoms with Crippen LogP contribution in [0.25, 0.3) is 0 Å². The van der Waals surface area contributed by atoms with Crippen molar-refractivity contribution in [2.45, 2.75) is 25.7 Å². The highest BCUT2D eigenvalue weighted by Crippen LogP contribution is 2.46. The maximum absolute atomic E-state index is 6.24. The summed E-state index contributed by atoms with van der Waals surface area (Å²) in [7, 11) is 0. The van der Waals surface area contributed by atoms with Gasteiger partial charge >= 0.3 is 0 Å². The number of hydrogen-bond donors (Lipinski definition) is 1. The maximum Gasteiger partial charge on any atom is 0.246 e. The van der Waals surface area contributed by atoms with Crippen molar-refractivity contribution in [3.05, 3.63) is 22.7 Å². The van der Waals surface area contributed by atoms with E-state index in [0.717, 1.165) is 18.7 Å². The van der Waals surface area contributed by atoms with Crippen LogP contribution < -0.4 is 14.8 Å². The van der Waals surface area contributed by atoms with Crippen LogP contribution in [0.4, 0.5) is 0 Å². The second-order valence-corrected chi connectivity index (χ2v) is 5.40. The van der Waals surface area contributed by atoms with E-state index in [1.54, 1.807) is 0 Å². The lowest BCUT2D eigenvalue weighted by atomic mass is 10.1. The molecule has 0 spiro atoms. The normalized spacial score (nSPS) is 25.2. The molecular formula is C13H16ClNO3. The molecule has 98 valence electrons. The first kappa shape index (κ1) is 12.1. The molecule has 5 heteroatoms. The number of ether oxygens (including phenoxy) is 3. The Labute approximate surface area is 111 Å². The fourth-order valence-electron chi connectivity index (χ4n) is 2.26. The first-order valence-corrected chi connectivity index (χ1v) is 6.47. The van der Waals surface area contributed by atoms with Gasteiger partial charge in [0.1, 0.15) is 0 Å². The van der Waals surface area contributed by atoms with Gasteiger partial charge < -0.3 is 19.5 Å². The maximum atomic E-state index is 6.24. The molecular weight excluding hydrogens is 254 g/mol. The van der Waals surface area contributed by atoms with E-state index in [2.05, 4.69) is 5.32 Å². The van der Waals surface area contributed by atoms with Crippen LogP contribution in [0, 0.1) is 0 Å². The van der Waals surface area contributed by atoms with Gasteiger partial charge in [0, 0.05) is 26.9 Å². The first-order valence-electron chi connectivity index (χ1n) is 6.09. The van der Waals surface area contributed by atoms with Gasteiger partial charge in [0.15, 0.2) is 11.5 Å². The summed E-state index contributed by atoms with van der Waals surface area (Å²) < 4.78 is 17.1. The molecule has 1 N–H and O–H groups in total. The lowest BCUT2D eigenvalue weighted by Crippen LogP contribution is -2.33. The van der Waals surface area contributed by atoms with Crippen molar-refractivity contribution in [1.29, 1.82) is 0 Å². The number of rotatable bonds is 1. The standard InChI is InChI=1S/C13H16ClNO3/c1-13(2)17-10-6-8(5-9(14)12(10)18-13)11-7-15-3-4-16-11/h5-6,11,15H,3-4,7H2,1-2H3. The molecule has 0 bridgehead atoms. The quantitative estimate of drug-likeness (QED) is 0.850. The molecule has 0 amide bonds. The zero-order valence-electron chi connectivity index (χ0n) is 10.5. The molecule has 2 aliphatic heterocycles. The Morgan fingerprint density at radius 2 is 2.17 bits per heavy atom. The topological polar surface area (TPSA) is 39.7 Å². The second kappa shape index (κ2) is 4.30. The summed E-state index contributed by atoms with van der Waals surface area (Å²) in [6.07, 6.45) is 0.0221. The Morgan fingerprint density at radius 1 is 1.33 bits per heavy atom. The van der Waals surface area contributed by atoms with Crippen molar-refractivity contribution in [2.75, 3.05) is 19.7 Å². The average Bonchev–Trinajstić information content (AvgIpc) is 2.65. The highest BCUT2D eigenvalue weighted by molar-refractivity contribution is 6.32. The van der Waals surface area contributed by atoms with Crippen LogP contribution in [0.15, 0.2) is 12.1 Å². The Bertz CT molecular complexity index is 470. The third kappa shape index (κ3) is 2.16. The number of nitrogens with one attached hydrogen (secondary N) is 1. The smallest absolute Gasteiger partial charge is 0.246 e. The zero-order valence-corrected chi connectivity index (χ0v) is 11.2. The minimum Gasteiger partial charge on any atom is -0.449 e. The van der Waals surface area contributed by atoms with Crippen molar-refractivity contribution in [3.8, 4) is 11.5 Å². The van der Waals surface area contributed by atoms with E-state index in [1.807, 2.05) is 26.0 Å². The molecule has 1 aromatic rings. The zero-order chi connectivity index (χ0) is 12.8.